The summed E-state index contributed by atoms with van der Waals surface area (Å²) in [4.78, 5) is 15.9. The van der Waals surface area contributed by atoms with E-state index in [4.69, 9.17) is 4.74 Å². The normalized spacial score (nSPS) is 10.9. The fraction of sp³-hybridized carbons (Fsp3) is 0.100. The number of urea groups is 1. The summed E-state index contributed by atoms with van der Waals surface area (Å²) in [7, 11) is 0. The van der Waals surface area contributed by atoms with Crippen LogP contribution in [0.4, 0.5) is 23.7 Å². The first kappa shape index (κ1) is 20.0. The van der Waals surface area contributed by atoms with Crippen molar-refractivity contribution in [3.63, 3.8) is 0 Å². The number of aromatic nitrogens is 1. The highest BCUT2D eigenvalue weighted by Gasteiger charge is 2.30. The second-order valence-electron chi connectivity index (χ2n) is 5.81. The second kappa shape index (κ2) is 8.96. The lowest BCUT2D eigenvalue weighted by molar-refractivity contribution is -0.274. The summed E-state index contributed by atoms with van der Waals surface area (Å²) in [5.41, 5.74) is 1.18. The molecule has 2 aromatic carbocycles. The lowest BCUT2D eigenvalue weighted by atomic mass is 10.2. The van der Waals surface area contributed by atoms with E-state index in [1.165, 1.54) is 12.1 Å². The van der Waals surface area contributed by atoms with Gasteiger partial charge in [-0.1, -0.05) is 12.1 Å². The van der Waals surface area contributed by atoms with Crippen LogP contribution in [0.25, 0.3) is 0 Å². The molecule has 1 heterocycles. The first-order valence-electron chi connectivity index (χ1n) is 8.45. The van der Waals surface area contributed by atoms with Crippen LogP contribution in [0, 0.1) is 0 Å². The number of nitrogens with zero attached hydrogens (tertiary/aromatic N) is 1. The van der Waals surface area contributed by atoms with E-state index in [0.717, 1.165) is 17.7 Å². The topological polar surface area (TPSA) is 72.5 Å². The van der Waals surface area contributed by atoms with Crippen LogP contribution < -0.4 is 20.1 Å². The third-order valence-corrected chi connectivity index (χ3v) is 3.61. The van der Waals surface area contributed by atoms with E-state index in [0.29, 0.717) is 17.2 Å². The van der Waals surface area contributed by atoms with Gasteiger partial charge in [-0.25, -0.2) is 4.79 Å². The molecule has 0 bridgehead atoms. The molecular formula is C20H16F3N3O3. The maximum absolute atomic E-state index is 12.1. The van der Waals surface area contributed by atoms with Gasteiger partial charge in [0.25, 0.3) is 0 Å². The maximum atomic E-state index is 12.1. The van der Waals surface area contributed by atoms with Crippen LogP contribution >= 0.6 is 0 Å². The first-order valence-corrected chi connectivity index (χ1v) is 8.45. The van der Waals surface area contributed by atoms with E-state index in [1.807, 2.05) is 0 Å². The molecule has 0 aliphatic rings. The summed E-state index contributed by atoms with van der Waals surface area (Å²) in [5, 5.41) is 5.19. The Morgan fingerprint density at radius 2 is 1.45 bits per heavy atom. The first-order chi connectivity index (χ1) is 13.9. The molecule has 2 N–H and O–H groups in total. The van der Waals surface area contributed by atoms with Gasteiger partial charge in [0.05, 0.1) is 0 Å². The van der Waals surface area contributed by atoms with Gasteiger partial charge < -0.3 is 20.1 Å². The monoisotopic (exact) mass is 403 g/mol. The zero-order chi connectivity index (χ0) is 20.7. The van der Waals surface area contributed by atoms with Crippen LogP contribution in [-0.2, 0) is 6.54 Å². The highest BCUT2D eigenvalue weighted by Crippen LogP contribution is 2.24. The fourth-order valence-electron chi connectivity index (χ4n) is 2.32. The Hall–Kier alpha value is -3.75. The number of alkyl halides is 3. The average Bonchev–Trinajstić information content (AvgIpc) is 2.69. The smallest absolute Gasteiger partial charge is 0.457 e. The number of rotatable bonds is 6. The molecule has 0 radical (unpaired) electrons. The second-order valence-corrected chi connectivity index (χ2v) is 5.81. The van der Waals surface area contributed by atoms with Crippen LogP contribution in [0.15, 0.2) is 73.1 Å². The minimum absolute atomic E-state index is 0.261. The van der Waals surface area contributed by atoms with Crippen molar-refractivity contribution in [2.75, 3.05) is 5.32 Å². The van der Waals surface area contributed by atoms with Gasteiger partial charge >= 0.3 is 12.4 Å². The quantitative estimate of drug-likeness (QED) is 0.601. The Morgan fingerprint density at radius 3 is 2.07 bits per heavy atom. The van der Waals surface area contributed by atoms with E-state index in [-0.39, 0.29) is 12.3 Å². The van der Waals surface area contributed by atoms with Gasteiger partial charge in [-0.3, -0.25) is 4.98 Å². The molecule has 0 saturated carbocycles. The van der Waals surface area contributed by atoms with E-state index in [9.17, 15) is 18.0 Å². The number of hydrogen-bond acceptors (Lipinski definition) is 4. The molecule has 0 unspecified atom stereocenters. The van der Waals surface area contributed by atoms with E-state index < -0.39 is 12.4 Å². The molecule has 150 valence electrons. The van der Waals surface area contributed by atoms with Gasteiger partial charge in [0.2, 0.25) is 0 Å². The summed E-state index contributed by atoms with van der Waals surface area (Å²) >= 11 is 0. The predicted molar refractivity (Wildman–Crippen MR) is 99.7 cm³/mol. The van der Waals surface area contributed by atoms with Gasteiger partial charge in [0.1, 0.15) is 17.2 Å². The predicted octanol–water partition coefficient (Wildman–Crippen LogP) is 5.09. The third kappa shape index (κ3) is 6.73. The van der Waals surface area contributed by atoms with Gasteiger partial charge in [0, 0.05) is 24.6 Å². The van der Waals surface area contributed by atoms with Crippen molar-refractivity contribution < 1.29 is 27.4 Å². The number of carbonyl (C=O) groups excluding carboxylic acids is 1. The molecule has 0 fully saturated rings. The van der Waals surface area contributed by atoms with E-state index in [1.54, 1.807) is 48.8 Å². The fourth-order valence-corrected chi connectivity index (χ4v) is 2.32. The van der Waals surface area contributed by atoms with Crippen LogP contribution in [0.3, 0.4) is 0 Å². The van der Waals surface area contributed by atoms with Gasteiger partial charge in [-0.2, -0.15) is 0 Å². The molecule has 0 spiro atoms. The Bertz CT molecular complexity index is 931. The minimum atomic E-state index is -4.76. The molecule has 3 aromatic rings. The van der Waals surface area contributed by atoms with Gasteiger partial charge in [-0.15, -0.1) is 13.2 Å². The van der Waals surface area contributed by atoms with E-state index >= 15 is 0 Å². The van der Waals surface area contributed by atoms with Crippen LogP contribution in [0.2, 0.25) is 0 Å². The number of benzene rings is 2. The van der Waals surface area contributed by atoms with Crippen LogP contribution in [0.1, 0.15) is 5.56 Å². The molecule has 9 heteroatoms. The van der Waals surface area contributed by atoms with Crippen LogP contribution in [-0.4, -0.2) is 17.4 Å². The van der Waals surface area contributed by atoms with Crippen molar-refractivity contribution in [3.05, 3.63) is 78.6 Å². The molecule has 0 aliphatic carbocycles. The van der Waals surface area contributed by atoms with Crippen molar-refractivity contribution in [3.8, 4) is 17.2 Å². The molecular weight excluding hydrogens is 387 g/mol. The number of halogens is 3. The largest absolute Gasteiger partial charge is 0.573 e. The number of carbonyl (C=O) groups is 1. The Balaban J connectivity index is 1.46. The SMILES string of the molecule is O=C(NCc1ccc(Oc2ccncc2)cc1)Nc1ccc(OC(F)(F)F)cc1. The summed E-state index contributed by atoms with van der Waals surface area (Å²) in [6.07, 6.45) is -1.50. The summed E-state index contributed by atoms with van der Waals surface area (Å²) in [5.74, 6) is 0.944. The molecule has 1 aromatic heterocycles. The molecule has 0 atom stereocenters. The summed E-state index contributed by atoms with van der Waals surface area (Å²) < 4.78 is 45.8. The standard InChI is InChI=1S/C20H16F3N3O3/c21-20(22,23)29-18-7-3-15(4-8-18)26-19(27)25-13-14-1-5-16(6-2-14)28-17-9-11-24-12-10-17/h1-12H,13H2,(H2,25,26,27). The highest BCUT2D eigenvalue weighted by atomic mass is 19.4. The highest BCUT2D eigenvalue weighted by molar-refractivity contribution is 5.89. The average molecular weight is 403 g/mol. The number of pyridine rings is 1. The molecule has 0 aliphatic heterocycles. The zero-order valence-electron chi connectivity index (χ0n) is 14.9. The Labute approximate surface area is 164 Å². The Kier molecular flexibility index (Phi) is 6.18. The van der Waals surface area contributed by atoms with Crippen molar-refractivity contribution in [1.29, 1.82) is 0 Å². The number of ether oxygens (including phenoxy) is 2. The maximum Gasteiger partial charge on any atom is 0.573 e. The molecule has 0 saturated heterocycles. The summed E-state index contributed by atoms with van der Waals surface area (Å²) in [6, 6.07) is 15.0. The molecule has 29 heavy (non-hydrogen) atoms. The lowest BCUT2D eigenvalue weighted by Gasteiger charge is -2.11. The number of anilines is 1. The molecule has 6 nitrogen and oxygen atoms in total. The minimum Gasteiger partial charge on any atom is -0.457 e. The van der Waals surface area contributed by atoms with Gasteiger partial charge in [0.15, 0.2) is 0 Å². The zero-order valence-corrected chi connectivity index (χ0v) is 14.9. The van der Waals surface area contributed by atoms with Crippen molar-refractivity contribution in [1.82, 2.24) is 10.3 Å². The molecule has 3 rings (SSSR count). The Morgan fingerprint density at radius 1 is 0.862 bits per heavy atom. The van der Waals surface area contributed by atoms with Gasteiger partial charge in [-0.05, 0) is 54.1 Å². The van der Waals surface area contributed by atoms with Crippen molar-refractivity contribution in [2.24, 2.45) is 0 Å². The molecule has 2 amide bonds. The van der Waals surface area contributed by atoms with Crippen LogP contribution in [0.5, 0.6) is 17.2 Å². The lowest BCUT2D eigenvalue weighted by Crippen LogP contribution is -2.28. The van der Waals surface area contributed by atoms with Crippen molar-refractivity contribution in [2.45, 2.75) is 12.9 Å². The van der Waals surface area contributed by atoms with E-state index in [2.05, 4.69) is 20.4 Å². The third-order valence-electron chi connectivity index (χ3n) is 3.61. The number of nitrogens with one attached hydrogen (secondary N) is 2. The summed E-state index contributed by atoms with van der Waals surface area (Å²) in [6.45, 7) is 0.261. The number of amides is 2. The number of hydrogen-bond donors (Lipinski definition) is 2. The van der Waals surface area contributed by atoms with Crippen molar-refractivity contribution >= 4 is 11.7 Å².